The monoisotopic (exact) mass is 453 g/mol. The first kappa shape index (κ1) is 25.0. The zero-order valence-electron chi connectivity index (χ0n) is 20.2. The van der Waals surface area contributed by atoms with Crippen LogP contribution in [0.15, 0.2) is 48.7 Å². The lowest BCUT2D eigenvalue weighted by Gasteiger charge is -2.36. The van der Waals surface area contributed by atoms with Crippen LogP contribution < -0.4 is 0 Å². The van der Waals surface area contributed by atoms with Gasteiger partial charge in [-0.1, -0.05) is 56.5 Å². The Hall–Kier alpha value is -2.60. The topological polar surface area (TPSA) is 54.8 Å². The molecule has 1 fully saturated rings. The fourth-order valence-corrected chi connectivity index (χ4v) is 4.68. The van der Waals surface area contributed by atoms with Crippen molar-refractivity contribution in [3.05, 3.63) is 59.9 Å². The molecule has 2 amide bonds. The normalized spacial score (nSPS) is 14.2. The van der Waals surface area contributed by atoms with Crippen molar-refractivity contribution in [3.63, 3.8) is 0 Å². The summed E-state index contributed by atoms with van der Waals surface area (Å²) in [6.07, 6.45) is 8.86. The number of ether oxygens (including phenoxy) is 1. The highest BCUT2D eigenvalue weighted by atomic mass is 16.5. The third-order valence-corrected chi connectivity index (χ3v) is 6.55. The molecule has 1 aromatic carbocycles. The van der Waals surface area contributed by atoms with Crippen molar-refractivity contribution in [1.29, 1.82) is 0 Å². The quantitative estimate of drug-likeness (QED) is 0.446. The Balaban J connectivity index is 1.75. The molecule has 1 aliphatic carbocycles. The second-order valence-corrected chi connectivity index (χ2v) is 8.94. The number of amides is 2. The number of rotatable bonds is 12. The van der Waals surface area contributed by atoms with Crippen molar-refractivity contribution in [3.8, 4) is 0 Å². The molecule has 3 rings (SSSR count). The van der Waals surface area contributed by atoms with Gasteiger partial charge in [0.25, 0.3) is 0 Å². The van der Waals surface area contributed by atoms with Crippen LogP contribution in [-0.2, 0) is 27.4 Å². The second kappa shape index (κ2) is 13.2. The number of hydrogen-bond acceptors (Lipinski definition) is 3. The fourth-order valence-electron chi connectivity index (χ4n) is 4.68. The summed E-state index contributed by atoms with van der Waals surface area (Å²) in [4.78, 5) is 29.9. The predicted molar refractivity (Wildman–Crippen MR) is 131 cm³/mol. The van der Waals surface area contributed by atoms with Crippen LogP contribution in [0.4, 0.5) is 0 Å². The molecular formula is C27H39N3O3. The van der Waals surface area contributed by atoms with Crippen molar-refractivity contribution in [2.24, 2.45) is 0 Å². The molecule has 0 bridgehead atoms. The first-order chi connectivity index (χ1) is 16.1. The maximum atomic E-state index is 13.6. The summed E-state index contributed by atoms with van der Waals surface area (Å²) in [5.74, 6) is 0.0732. The number of carbonyl (C=O) groups is 2. The van der Waals surface area contributed by atoms with Gasteiger partial charge in [0.15, 0.2) is 0 Å². The van der Waals surface area contributed by atoms with Gasteiger partial charge in [0.2, 0.25) is 11.8 Å². The molecule has 2 aromatic rings. The zero-order chi connectivity index (χ0) is 23.5. The highest BCUT2D eigenvalue weighted by Crippen LogP contribution is 2.25. The molecule has 0 aliphatic heterocycles. The van der Waals surface area contributed by atoms with Crippen molar-refractivity contribution in [2.75, 3.05) is 26.8 Å². The largest absolute Gasteiger partial charge is 0.385 e. The van der Waals surface area contributed by atoms with E-state index >= 15 is 0 Å². The Bertz CT molecular complexity index is 859. The van der Waals surface area contributed by atoms with Crippen LogP contribution in [0, 0.1) is 0 Å². The minimum atomic E-state index is 0.0236. The van der Waals surface area contributed by atoms with Crippen LogP contribution in [0.2, 0.25) is 0 Å². The fraction of sp³-hybridized carbons (Fsp3) is 0.556. The molecule has 33 heavy (non-hydrogen) atoms. The lowest BCUT2D eigenvalue weighted by molar-refractivity contribution is -0.143. The Morgan fingerprint density at radius 2 is 1.79 bits per heavy atom. The Morgan fingerprint density at radius 1 is 1.03 bits per heavy atom. The average molecular weight is 454 g/mol. The molecule has 0 unspecified atom stereocenters. The summed E-state index contributed by atoms with van der Waals surface area (Å²) in [5, 5.41) is 0. The van der Waals surface area contributed by atoms with E-state index in [1.54, 1.807) is 12.0 Å². The highest BCUT2D eigenvalue weighted by Gasteiger charge is 2.28. The van der Waals surface area contributed by atoms with E-state index in [9.17, 15) is 9.59 Å². The third-order valence-electron chi connectivity index (χ3n) is 6.55. The van der Waals surface area contributed by atoms with Gasteiger partial charge in [-0.2, -0.15) is 0 Å². The standard InChI is InChI=1S/C27H39N3O3/c1-3-26(31)29(18-11-19-33-2)22-27(32)30(24-14-8-5-9-15-24)21-25-16-10-17-28(25)20-23-12-6-4-7-13-23/h4,6-7,10,12-13,16-17,24H,3,5,8-9,11,14-15,18-22H2,1-2H3. The molecule has 6 nitrogen and oxygen atoms in total. The van der Waals surface area contributed by atoms with Gasteiger partial charge < -0.3 is 19.1 Å². The zero-order valence-corrected chi connectivity index (χ0v) is 20.2. The number of carbonyl (C=O) groups excluding carboxylic acids is 2. The Labute approximate surface area is 198 Å². The minimum Gasteiger partial charge on any atom is -0.385 e. The van der Waals surface area contributed by atoms with Crippen molar-refractivity contribution < 1.29 is 14.3 Å². The summed E-state index contributed by atoms with van der Waals surface area (Å²) < 4.78 is 7.38. The average Bonchev–Trinajstić information content (AvgIpc) is 3.29. The smallest absolute Gasteiger partial charge is 0.242 e. The molecule has 0 atom stereocenters. The first-order valence-corrected chi connectivity index (χ1v) is 12.4. The van der Waals surface area contributed by atoms with Gasteiger partial charge in [0.05, 0.1) is 13.1 Å². The molecular weight excluding hydrogens is 414 g/mol. The molecule has 0 spiro atoms. The summed E-state index contributed by atoms with van der Waals surface area (Å²) in [7, 11) is 1.66. The molecule has 1 saturated carbocycles. The number of hydrogen-bond donors (Lipinski definition) is 0. The summed E-state index contributed by atoms with van der Waals surface area (Å²) in [5.41, 5.74) is 2.37. The molecule has 180 valence electrons. The molecule has 1 heterocycles. The van der Waals surface area contributed by atoms with Gasteiger partial charge in [-0.15, -0.1) is 0 Å². The lowest BCUT2D eigenvalue weighted by atomic mass is 9.94. The van der Waals surface area contributed by atoms with E-state index in [-0.39, 0.29) is 24.4 Å². The second-order valence-electron chi connectivity index (χ2n) is 8.94. The van der Waals surface area contributed by atoms with Gasteiger partial charge in [-0.25, -0.2) is 0 Å². The van der Waals surface area contributed by atoms with Gasteiger partial charge in [0.1, 0.15) is 0 Å². The summed E-state index contributed by atoms with van der Waals surface area (Å²) in [6.45, 7) is 4.50. The van der Waals surface area contributed by atoms with Gasteiger partial charge in [-0.05, 0) is 37.0 Å². The number of methoxy groups -OCH3 is 1. The van der Waals surface area contributed by atoms with E-state index in [0.29, 0.717) is 26.1 Å². The van der Waals surface area contributed by atoms with E-state index in [1.807, 2.05) is 17.9 Å². The molecule has 1 aromatic heterocycles. The number of nitrogens with zero attached hydrogens (tertiary/aromatic N) is 3. The van der Waals surface area contributed by atoms with E-state index < -0.39 is 0 Å². The maximum absolute atomic E-state index is 13.6. The van der Waals surface area contributed by atoms with Crippen molar-refractivity contribution >= 4 is 11.8 Å². The van der Waals surface area contributed by atoms with Crippen molar-refractivity contribution in [2.45, 2.75) is 71.0 Å². The van der Waals surface area contributed by atoms with Crippen LogP contribution in [0.1, 0.15) is 63.1 Å². The maximum Gasteiger partial charge on any atom is 0.242 e. The van der Waals surface area contributed by atoms with Crippen molar-refractivity contribution in [1.82, 2.24) is 14.4 Å². The SMILES string of the molecule is CCC(=O)N(CCCOC)CC(=O)N(Cc1cccn1Cc1ccccc1)C1CCCCC1. The predicted octanol–water partition coefficient (Wildman–Crippen LogP) is 4.47. The van der Waals surface area contributed by atoms with E-state index in [4.69, 9.17) is 4.74 Å². The Kier molecular flexibility index (Phi) is 10.0. The molecule has 0 saturated heterocycles. The summed E-state index contributed by atoms with van der Waals surface area (Å²) >= 11 is 0. The van der Waals surface area contributed by atoms with E-state index in [0.717, 1.165) is 44.3 Å². The first-order valence-electron chi connectivity index (χ1n) is 12.4. The lowest BCUT2D eigenvalue weighted by Crippen LogP contribution is -2.47. The van der Waals surface area contributed by atoms with E-state index in [2.05, 4.69) is 47.2 Å². The number of benzene rings is 1. The molecule has 6 heteroatoms. The Morgan fingerprint density at radius 3 is 2.48 bits per heavy atom. The molecule has 0 radical (unpaired) electrons. The van der Waals surface area contributed by atoms with Crippen LogP contribution in [0.25, 0.3) is 0 Å². The molecule has 0 N–H and O–H groups in total. The van der Waals surface area contributed by atoms with Crippen LogP contribution in [0.5, 0.6) is 0 Å². The van der Waals surface area contributed by atoms with Gasteiger partial charge in [-0.3, -0.25) is 9.59 Å². The third kappa shape index (κ3) is 7.46. The van der Waals surface area contributed by atoms with Gasteiger partial charge in [0, 0.05) is 51.2 Å². The highest BCUT2D eigenvalue weighted by molar-refractivity contribution is 5.85. The number of aromatic nitrogens is 1. The van der Waals surface area contributed by atoms with Gasteiger partial charge >= 0.3 is 0 Å². The molecule has 1 aliphatic rings. The van der Waals surface area contributed by atoms with Crippen LogP contribution in [0.3, 0.4) is 0 Å². The minimum absolute atomic E-state index is 0.0236. The van der Waals surface area contributed by atoms with E-state index in [1.165, 1.54) is 12.0 Å². The van der Waals surface area contributed by atoms with Crippen LogP contribution >= 0.6 is 0 Å². The summed E-state index contributed by atoms with van der Waals surface area (Å²) in [6, 6.07) is 14.8. The van der Waals surface area contributed by atoms with Crippen LogP contribution in [-0.4, -0.2) is 59.0 Å².